The topological polar surface area (TPSA) is 95.0 Å². The van der Waals surface area contributed by atoms with Gasteiger partial charge in [-0.3, -0.25) is 14.9 Å². The third-order valence-corrected chi connectivity index (χ3v) is 3.26. The lowest BCUT2D eigenvalue weighted by Crippen LogP contribution is -2.36. The Morgan fingerprint density at radius 2 is 2.08 bits per heavy atom. The molecule has 0 aliphatic heterocycles. The van der Waals surface area contributed by atoms with Crippen LogP contribution in [0.25, 0.3) is 0 Å². The van der Waals surface area contributed by atoms with E-state index in [9.17, 15) is 14.9 Å². The molecule has 2 aromatic rings. The van der Waals surface area contributed by atoms with Gasteiger partial charge in [-0.1, -0.05) is 12.1 Å². The van der Waals surface area contributed by atoms with Gasteiger partial charge in [-0.25, -0.2) is 0 Å². The van der Waals surface area contributed by atoms with Crippen molar-refractivity contribution in [1.82, 2.24) is 4.90 Å². The van der Waals surface area contributed by atoms with Gasteiger partial charge in [-0.05, 0) is 18.2 Å². The number of carbonyl (C=O) groups excluding carboxylic acids is 1. The van der Waals surface area contributed by atoms with Crippen LogP contribution in [0.1, 0.15) is 5.76 Å². The first-order valence-corrected chi connectivity index (χ1v) is 7.27. The summed E-state index contributed by atoms with van der Waals surface area (Å²) in [5.74, 6) is 0.368. The molecule has 0 radical (unpaired) electrons. The molecule has 8 nitrogen and oxygen atoms in total. The van der Waals surface area contributed by atoms with Crippen molar-refractivity contribution in [3.63, 3.8) is 0 Å². The van der Waals surface area contributed by atoms with E-state index in [2.05, 4.69) is 0 Å². The van der Waals surface area contributed by atoms with Crippen LogP contribution < -0.4 is 4.74 Å². The molecule has 1 heterocycles. The Labute approximate surface area is 138 Å². The number of hydrogen-bond acceptors (Lipinski definition) is 6. The van der Waals surface area contributed by atoms with E-state index in [1.54, 1.807) is 25.3 Å². The lowest BCUT2D eigenvalue weighted by atomic mass is 10.3. The highest BCUT2D eigenvalue weighted by Gasteiger charge is 2.19. The number of hydrogen-bond donors (Lipinski definition) is 0. The summed E-state index contributed by atoms with van der Waals surface area (Å²) in [4.78, 5) is 24.3. The Balaban J connectivity index is 2.00. The second-order valence-electron chi connectivity index (χ2n) is 4.90. The first-order valence-electron chi connectivity index (χ1n) is 7.27. The smallest absolute Gasteiger partial charge is 0.310 e. The van der Waals surface area contributed by atoms with Crippen LogP contribution in [0.4, 0.5) is 5.69 Å². The summed E-state index contributed by atoms with van der Waals surface area (Å²) in [5.41, 5.74) is -0.181. The molecule has 1 amide bonds. The average molecular weight is 334 g/mol. The van der Waals surface area contributed by atoms with Crippen LogP contribution in [-0.2, 0) is 16.1 Å². The zero-order valence-corrected chi connectivity index (χ0v) is 13.2. The van der Waals surface area contributed by atoms with E-state index >= 15 is 0 Å². The van der Waals surface area contributed by atoms with Crippen molar-refractivity contribution in [2.45, 2.75) is 6.54 Å². The molecule has 0 saturated heterocycles. The zero-order valence-electron chi connectivity index (χ0n) is 13.2. The van der Waals surface area contributed by atoms with Crippen LogP contribution in [0.15, 0.2) is 47.1 Å². The Hall–Kier alpha value is -2.87. The van der Waals surface area contributed by atoms with Crippen molar-refractivity contribution in [2.24, 2.45) is 0 Å². The number of methoxy groups -OCH3 is 1. The fourth-order valence-electron chi connectivity index (χ4n) is 2.04. The molecule has 0 fully saturated rings. The number of carbonyl (C=O) groups is 1. The number of rotatable bonds is 9. The molecule has 2 rings (SSSR count). The van der Waals surface area contributed by atoms with Crippen LogP contribution in [0.3, 0.4) is 0 Å². The second-order valence-corrected chi connectivity index (χ2v) is 4.90. The number of nitrogens with zero attached hydrogens (tertiary/aromatic N) is 2. The molecule has 0 aliphatic carbocycles. The molecule has 0 spiro atoms. The summed E-state index contributed by atoms with van der Waals surface area (Å²) < 4.78 is 15.6. The SMILES string of the molecule is COCCN(Cc1ccco1)C(=O)COc1ccccc1[N+](=O)[O-]. The van der Waals surface area contributed by atoms with Crippen LogP contribution in [0.5, 0.6) is 5.75 Å². The number of furan rings is 1. The van der Waals surface area contributed by atoms with Gasteiger partial charge < -0.3 is 18.8 Å². The van der Waals surface area contributed by atoms with Crippen molar-refractivity contribution >= 4 is 11.6 Å². The van der Waals surface area contributed by atoms with E-state index in [1.807, 2.05) is 0 Å². The van der Waals surface area contributed by atoms with Gasteiger partial charge in [-0.15, -0.1) is 0 Å². The first-order chi connectivity index (χ1) is 11.6. The quantitative estimate of drug-likeness (QED) is 0.515. The lowest BCUT2D eigenvalue weighted by molar-refractivity contribution is -0.385. The van der Waals surface area contributed by atoms with Crippen LogP contribution in [-0.4, -0.2) is 42.6 Å². The van der Waals surface area contributed by atoms with Gasteiger partial charge in [0.15, 0.2) is 12.4 Å². The van der Waals surface area contributed by atoms with Gasteiger partial charge in [0.25, 0.3) is 5.91 Å². The Morgan fingerprint density at radius 3 is 2.75 bits per heavy atom. The number of ether oxygens (including phenoxy) is 2. The van der Waals surface area contributed by atoms with Crippen molar-refractivity contribution in [3.05, 3.63) is 58.5 Å². The highest BCUT2D eigenvalue weighted by Crippen LogP contribution is 2.25. The molecule has 1 aromatic heterocycles. The molecule has 128 valence electrons. The van der Waals surface area contributed by atoms with Gasteiger partial charge in [-0.2, -0.15) is 0 Å². The molecule has 24 heavy (non-hydrogen) atoms. The Morgan fingerprint density at radius 1 is 1.29 bits per heavy atom. The zero-order chi connectivity index (χ0) is 17.4. The minimum absolute atomic E-state index is 0.0561. The molecule has 1 aromatic carbocycles. The maximum atomic E-state index is 12.4. The largest absolute Gasteiger partial charge is 0.477 e. The predicted molar refractivity (Wildman–Crippen MR) is 84.6 cm³/mol. The number of benzene rings is 1. The van der Waals surface area contributed by atoms with Gasteiger partial charge in [0.1, 0.15) is 5.76 Å². The molecular formula is C16H18N2O6. The third-order valence-electron chi connectivity index (χ3n) is 3.26. The van der Waals surface area contributed by atoms with Crippen LogP contribution >= 0.6 is 0 Å². The molecule has 0 aliphatic rings. The van der Waals surface area contributed by atoms with Gasteiger partial charge >= 0.3 is 5.69 Å². The average Bonchev–Trinajstić information content (AvgIpc) is 3.09. The van der Waals surface area contributed by atoms with Crippen molar-refractivity contribution in [1.29, 1.82) is 0 Å². The van der Waals surface area contributed by atoms with E-state index in [-0.39, 0.29) is 30.5 Å². The monoisotopic (exact) mass is 334 g/mol. The first kappa shape index (κ1) is 17.5. The maximum absolute atomic E-state index is 12.4. The number of nitro benzene ring substituents is 1. The fourth-order valence-corrected chi connectivity index (χ4v) is 2.04. The summed E-state index contributed by atoms with van der Waals surface area (Å²) in [6.07, 6.45) is 1.53. The minimum Gasteiger partial charge on any atom is -0.477 e. The maximum Gasteiger partial charge on any atom is 0.310 e. The van der Waals surface area contributed by atoms with Gasteiger partial charge in [0, 0.05) is 19.7 Å². The van der Waals surface area contributed by atoms with E-state index in [1.165, 1.54) is 29.4 Å². The summed E-state index contributed by atoms with van der Waals surface area (Å²) in [7, 11) is 1.54. The molecule has 0 bridgehead atoms. The van der Waals surface area contributed by atoms with E-state index in [4.69, 9.17) is 13.9 Å². The minimum atomic E-state index is -0.550. The Bertz CT molecular complexity index is 671. The van der Waals surface area contributed by atoms with Crippen LogP contribution in [0, 0.1) is 10.1 Å². The lowest BCUT2D eigenvalue weighted by Gasteiger charge is -2.21. The second kappa shape index (κ2) is 8.68. The van der Waals surface area contributed by atoms with Crippen molar-refractivity contribution in [3.8, 4) is 5.75 Å². The standard InChI is InChI=1S/C16H18N2O6/c1-22-10-8-17(11-13-5-4-9-23-13)16(19)12-24-15-7-3-2-6-14(15)18(20)21/h2-7,9H,8,10-12H2,1H3. The fraction of sp³-hybridized carbons (Fsp3) is 0.312. The summed E-state index contributed by atoms with van der Waals surface area (Å²) in [6, 6.07) is 9.42. The number of nitro groups is 1. The predicted octanol–water partition coefficient (Wildman–Crippen LogP) is 2.24. The van der Waals surface area contributed by atoms with Gasteiger partial charge in [0.2, 0.25) is 0 Å². The molecule has 0 saturated carbocycles. The molecule has 8 heteroatoms. The molecule has 0 atom stereocenters. The van der Waals surface area contributed by atoms with E-state index < -0.39 is 4.92 Å². The summed E-state index contributed by atoms with van der Waals surface area (Å²) >= 11 is 0. The molecule has 0 unspecified atom stereocenters. The molecule has 0 N–H and O–H groups in total. The third kappa shape index (κ3) is 4.82. The van der Waals surface area contributed by atoms with Crippen molar-refractivity contribution < 1.29 is 23.6 Å². The highest BCUT2D eigenvalue weighted by atomic mass is 16.6. The van der Waals surface area contributed by atoms with Crippen molar-refractivity contribution in [2.75, 3.05) is 26.9 Å². The van der Waals surface area contributed by atoms with E-state index in [0.29, 0.717) is 18.9 Å². The normalized spacial score (nSPS) is 10.4. The number of para-hydroxylation sites is 2. The van der Waals surface area contributed by atoms with E-state index in [0.717, 1.165) is 0 Å². The Kier molecular flexibility index (Phi) is 6.32. The van der Waals surface area contributed by atoms with Crippen LogP contribution in [0.2, 0.25) is 0 Å². The summed E-state index contributed by atoms with van der Waals surface area (Å²) in [6.45, 7) is 0.679. The number of amides is 1. The molecular weight excluding hydrogens is 316 g/mol. The highest BCUT2D eigenvalue weighted by molar-refractivity contribution is 5.77. The summed E-state index contributed by atoms with van der Waals surface area (Å²) in [5, 5.41) is 11.0. The van der Waals surface area contributed by atoms with Gasteiger partial charge in [0.05, 0.1) is 24.3 Å².